The van der Waals surface area contributed by atoms with E-state index in [-0.39, 0.29) is 67.2 Å². The van der Waals surface area contributed by atoms with E-state index in [9.17, 15) is 99.6 Å². The van der Waals surface area contributed by atoms with Gasteiger partial charge in [0, 0.05) is 81.3 Å². The molecule has 0 saturated heterocycles. The van der Waals surface area contributed by atoms with Crippen LogP contribution < -0.4 is 40.2 Å². The molecule has 37 heteroatoms. The van der Waals surface area contributed by atoms with Crippen LogP contribution in [0, 0.1) is 34.9 Å². The Bertz CT molecular complexity index is 4790. The van der Waals surface area contributed by atoms with Gasteiger partial charge in [-0.3, -0.25) is 19.2 Å². The number of hydrogen-bond acceptors (Lipinski definition) is 16. The zero-order valence-electron chi connectivity index (χ0n) is 56.9. The number of carbonyl (C=O) groups excluding carboxylic acids is 4. The number of halogens is 9. The number of benzene rings is 8. The van der Waals surface area contributed by atoms with Crippen molar-refractivity contribution in [3.05, 3.63) is 235 Å². The lowest BCUT2D eigenvalue weighted by Gasteiger charge is -2.17. The first kappa shape index (κ1) is 85.0. The van der Waals surface area contributed by atoms with E-state index in [1.165, 1.54) is 140 Å². The summed E-state index contributed by atoms with van der Waals surface area (Å²) >= 11 is 11.8. The maximum Gasteiger partial charge on any atom is 0.255 e. The highest BCUT2D eigenvalue weighted by Crippen LogP contribution is 2.30. The summed E-state index contributed by atoms with van der Waals surface area (Å²) in [6.45, 7) is 0. The first-order chi connectivity index (χ1) is 51.4. The number of sulfonamides is 4. The molecule has 8 aromatic carbocycles. The number of hydrogen-bond donors (Lipinski definition) is 12. The Morgan fingerprint density at radius 2 is 0.587 bits per heavy atom. The van der Waals surface area contributed by atoms with Gasteiger partial charge in [0.1, 0.15) is 17.5 Å². The van der Waals surface area contributed by atoms with Gasteiger partial charge in [-0.2, -0.15) is 0 Å². The van der Waals surface area contributed by atoms with Crippen LogP contribution in [0.5, 0.6) is 0 Å². The number of rotatable bonds is 20. The average molecular weight is 1740 g/mol. The topological polar surface area (TPSA) is 382 Å². The fraction of sp³-hybridized carbons (Fsp3) is 0.278. The maximum atomic E-state index is 13.3. The molecule has 0 aromatic heterocycles. The fourth-order valence-corrected chi connectivity index (χ4v) is 18.1. The Morgan fingerprint density at radius 1 is 0.330 bits per heavy atom. The molecule has 12 N–H and O–H groups in total. The van der Waals surface area contributed by atoms with Crippen LogP contribution in [0.15, 0.2) is 192 Å². The summed E-state index contributed by atoms with van der Waals surface area (Å²) in [5.41, 5.74) is 1.03. The number of aliphatic hydroxyl groups excluding tert-OH is 4. The van der Waals surface area contributed by atoms with Gasteiger partial charge < -0.3 is 41.7 Å². The van der Waals surface area contributed by atoms with Crippen molar-refractivity contribution in [1.29, 1.82) is 0 Å². The number of anilines is 4. The second-order valence-corrected chi connectivity index (χ2v) is 34.4. The molecule has 0 aliphatic heterocycles. The van der Waals surface area contributed by atoms with Crippen LogP contribution in [-0.2, 0) is 40.1 Å². The van der Waals surface area contributed by atoms with Crippen molar-refractivity contribution in [3.8, 4) is 0 Å². The maximum absolute atomic E-state index is 13.3. The van der Waals surface area contributed by atoms with Gasteiger partial charge in [-0.1, -0.05) is 35.9 Å². The van der Waals surface area contributed by atoms with Crippen molar-refractivity contribution < 1.29 is 99.6 Å². The number of carbonyl (C=O) groups is 4. The van der Waals surface area contributed by atoms with Crippen molar-refractivity contribution in [1.82, 2.24) is 18.9 Å². The van der Waals surface area contributed by atoms with E-state index in [0.717, 1.165) is 31.4 Å². The summed E-state index contributed by atoms with van der Waals surface area (Å²) in [6, 6.07) is 32.5. The van der Waals surface area contributed by atoms with Gasteiger partial charge in [0.05, 0.1) is 58.0 Å². The van der Waals surface area contributed by atoms with E-state index in [1.807, 2.05) is 0 Å². The zero-order chi connectivity index (χ0) is 79.3. The summed E-state index contributed by atoms with van der Waals surface area (Å²) in [4.78, 5) is 49.1. The molecule has 109 heavy (non-hydrogen) atoms. The molecule has 0 bridgehead atoms. The van der Waals surface area contributed by atoms with Crippen molar-refractivity contribution in [2.75, 3.05) is 21.3 Å². The summed E-state index contributed by atoms with van der Waals surface area (Å²) in [5.74, 6) is -8.55. The molecular weight excluding hydrogens is 1670 g/mol. The molecule has 582 valence electrons. The van der Waals surface area contributed by atoms with Crippen LogP contribution in [0.2, 0.25) is 5.02 Å². The third kappa shape index (κ3) is 23.3. The van der Waals surface area contributed by atoms with E-state index in [4.69, 9.17) is 11.6 Å². The van der Waals surface area contributed by atoms with Crippen LogP contribution in [0.1, 0.15) is 118 Å². The van der Waals surface area contributed by atoms with Gasteiger partial charge in [0.2, 0.25) is 40.1 Å². The minimum Gasteiger partial charge on any atom is -0.391 e. The van der Waals surface area contributed by atoms with Crippen LogP contribution in [0.3, 0.4) is 0 Å². The molecule has 0 radical (unpaired) electrons. The average Bonchev–Trinajstić information content (AvgIpc) is 1.76. The molecular formula is C72H71Br2ClF6N8O16S4. The molecule has 4 amide bonds. The van der Waals surface area contributed by atoms with Crippen molar-refractivity contribution in [2.45, 2.75) is 145 Å². The van der Waals surface area contributed by atoms with E-state index < -0.39 is 147 Å². The standard InChI is InChI=1S/2C18H18BrFN2O4S.C18H18ClFN2O4S.C18H17F3N2O4S/c3*19-14-10-12(7-8-15(14)20)21-18(24)11-3-1-4-13(9-11)27(25,26)22-16-5-2-6-17(16)23;19-13-8-11(9-14(20)17(13)21)22-18(25)10-3-1-4-12(7-10)28(26,27)23-15-5-2-6-16(15)24/h3*1,3-4,7-10,16-17,22-23H,2,5-6H2,(H,21,24);1,3-4,7-9,15-16,23-24H,2,5-6H2,(H,22,25). The third-order valence-electron chi connectivity index (χ3n) is 17.5. The highest BCUT2D eigenvalue weighted by molar-refractivity contribution is 9.10. The Balaban J connectivity index is 0.000000167. The van der Waals surface area contributed by atoms with E-state index >= 15 is 0 Å². The lowest BCUT2D eigenvalue weighted by atomic mass is 10.2. The van der Waals surface area contributed by atoms with Crippen LogP contribution in [-0.4, -0.2) is 126 Å². The van der Waals surface area contributed by atoms with Crippen molar-refractivity contribution in [2.24, 2.45) is 0 Å². The number of aliphatic hydroxyl groups is 4. The van der Waals surface area contributed by atoms with Crippen LogP contribution in [0.25, 0.3) is 0 Å². The first-order valence-electron chi connectivity index (χ1n) is 33.4. The normalized spacial score (nSPS) is 19.8. The molecule has 0 heterocycles. The van der Waals surface area contributed by atoms with Gasteiger partial charge in [-0.25, -0.2) is 78.9 Å². The van der Waals surface area contributed by atoms with Gasteiger partial charge in [-0.15, -0.1) is 0 Å². The molecule has 8 unspecified atom stereocenters. The molecule has 8 atom stereocenters. The molecule has 24 nitrogen and oxygen atoms in total. The Morgan fingerprint density at radius 3 is 0.835 bits per heavy atom. The van der Waals surface area contributed by atoms with E-state index in [1.54, 1.807) is 0 Å². The molecule has 4 fully saturated rings. The lowest BCUT2D eigenvalue weighted by molar-refractivity contribution is 0.101. The highest BCUT2D eigenvalue weighted by Gasteiger charge is 2.34. The summed E-state index contributed by atoms with van der Waals surface area (Å²) in [7, 11) is -15.6. The van der Waals surface area contributed by atoms with E-state index in [0.29, 0.717) is 81.3 Å². The van der Waals surface area contributed by atoms with Gasteiger partial charge in [0.25, 0.3) is 23.6 Å². The fourth-order valence-electron chi connectivity index (χ4n) is 11.8. The summed E-state index contributed by atoms with van der Waals surface area (Å²) < 4.78 is 190. The van der Waals surface area contributed by atoms with Crippen molar-refractivity contribution >= 4 is 130 Å². The summed E-state index contributed by atoms with van der Waals surface area (Å²) in [5, 5.41) is 49.0. The SMILES string of the molecule is O=C(Nc1cc(F)c(F)c(F)c1)c1cccc(S(=O)(=O)NC2CCCC2O)c1.O=C(Nc1ccc(F)c(Br)c1)c1cccc(S(=O)(=O)NC2CCCC2O)c1.O=C(Nc1ccc(F)c(Br)c1)c1cccc(S(=O)(=O)NC2CCCC2O)c1.O=C(Nc1ccc(F)c(Cl)c1)c1cccc(S(=O)(=O)NC2CCCC2O)c1. The van der Waals surface area contributed by atoms with Crippen LogP contribution >= 0.6 is 43.5 Å². The van der Waals surface area contributed by atoms with Crippen molar-refractivity contribution in [3.63, 3.8) is 0 Å². The van der Waals surface area contributed by atoms with Crippen LogP contribution in [0.4, 0.5) is 49.1 Å². The van der Waals surface area contributed by atoms with Gasteiger partial charge in [0.15, 0.2) is 17.5 Å². The Kier molecular flexibility index (Phi) is 29.1. The molecule has 8 aromatic rings. The lowest BCUT2D eigenvalue weighted by Crippen LogP contribution is -2.39. The van der Waals surface area contributed by atoms with Gasteiger partial charge >= 0.3 is 0 Å². The largest absolute Gasteiger partial charge is 0.391 e. The zero-order valence-corrected chi connectivity index (χ0v) is 64.1. The monoisotopic (exact) mass is 1740 g/mol. The Hall–Kier alpha value is -8.05. The third-order valence-corrected chi connectivity index (χ3v) is 25.0. The Labute approximate surface area is 645 Å². The predicted molar refractivity (Wildman–Crippen MR) is 399 cm³/mol. The number of amides is 4. The molecule has 0 spiro atoms. The summed E-state index contributed by atoms with van der Waals surface area (Å²) in [6.07, 6.45) is 4.42. The second-order valence-electron chi connectivity index (χ2n) is 25.5. The quantitative estimate of drug-likeness (QED) is 0.0249. The van der Waals surface area contributed by atoms with Gasteiger partial charge in [-0.05, 0) is 236 Å². The smallest absolute Gasteiger partial charge is 0.255 e. The number of nitrogens with one attached hydrogen (secondary N) is 8. The second kappa shape index (κ2) is 37.3. The first-order valence-corrected chi connectivity index (χ1v) is 41.3. The minimum absolute atomic E-state index is 0.0606. The predicted octanol–water partition coefficient (Wildman–Crippen LogP) is 11.5. The molecule has 4 saturated carbocycles. The highest BCUT2D eigenvalue weighted by atomic mass is 79.9. The molecule has 4 aliphatic rings. The van der Waals surface area contributed by atoms with E-state index in [2.05, 4.69) is 72.0 Å². The molecule has 12 rings (SSSR count). The minimum atomic E-state index is -3.98. The molecule has 4 aliphatic carbocycles.